The first kappa shape index (κ1) is 14.5. The molecule has 0 aromatic heterocycles. The van der Waals surface area contributed by atoms with E-state index in [0.29, 0.717) is 0 Å². The highest BCUT2D eigenvalue weighted by Crippen LogP contribution is 2.58. The predicted octanol–water partition coefficient (Wildman–Crippen LogP) is 3.73. The molecule has 0 saturated heterocycles. The van der Waals surface area contributed by atoms with Crippen LogP contribution in [-0.4, -0.2) is 23.3 Å². The number of nitrogens with one attached hydrogen (secondary N) is 1. The van der Waals surface area contributed by atoms with Crippen LogP contribution >= 0.6 is 0 Å². The largest absolute Gasteiger partial charge is 0.389 e. The first-order valence-electron chi connectivity index (χ1n) is 9.64. The molecule has 0 aromatic rings. The Morgan fingerprint density at radius 2 is 1.76 bits per heavy atom. The van der Waals surface area contributed by atoms with E-state index >= 15 is 0 Å². The van der Waals surface area contributed by atoms with Gasteiger partial charge in [0, 0.05) is 12.6 Å². The van der Waals surface area contributed by atoms with Crippen LogP contribution in [0.3, 0.4) is 0 Å². The van der Waals surface area contributed by atoms with Gasteiger partial charge in [-0.3, -0.25) is 0 Å². The highest BCUT2D eigenvalue weighted by atomic mass is 16.3. The van der Waals surface area contributed by atoms with Gasteiger partial charge >= 0.3 is 0 Å². The second-order valence-electron chi connectivity index (χ2n) is 8.72. The summed E-state index contributed by atoms with van der Waals surface area (Å²) in [6.07, 6.45) is 13.2. The minimum absolute atomic E-state index is 0.400. The summed E-state index contributed by atoms with van der Waals surface area (Å²) in [6, 6.07) is 0.724. The fourth-order valence-electron chi connectivity index (χ4n) is 6.42. The van der Waals surface area contributed by atoms with E-state index in [4.69, 9.17) is 0 Å². The second-order valence-corrected chi connectivity index (χ2v) is 8.72. The van der Waals surface area contributed by atoms with Crippen molar-refractivity contribution in [2.45, 2.75) is 82.8 Å². The lowest BCUT2D eigenvalue weighted by atomic mass is 9.76. The van der Waals surface area contributed by atoms with E-state index in [1.54, 1.807) is 0 Å². The molecule has 4 rings (SSSR count). The quantitative estimate of drug-likeness (QED) is 0.827. The van der Waals surface area contributed by atoms with Crippen LogP contribution in [0.15, 0.2) is 0 Å². The Hall–Kier alpha value is -0.0800. The Morgan fingerprint density at radius 1 is 1.00 bits per heavy atom. The van der Waals surface area contributed by atoms with Crippen LogP contribution in [0.25, 0.3) is 0 Å². The van der Waals surface area contributed by atoms with E-state index in [0.717, 1.165) is 55.0 Å². The van der Waals surface area contributed by atoms with Crippen molar-refractivity contribution in [3.63, 3.8) is 0 Å². The average Bonchev–Trinajstić information content (AvgIpc) is 3.18. The zero-order valence-electron chi connectivity index (χ0n) is 13.7. The molecular weight excluding hydrogens is 258 g/mol. The highest BCUT2D eigenvalue weighted by molar-refractivity contribution is 5.06. The monoisotopic (exact) mass is 291 g/mol. The molecule has 4 saturated carbocycles. The van der Waals surface area contributed by atoms with Gasteiger partial charge in [0.15, 0.2) is 0 Å². The van der Waals surface area contributed by atoms with Gasteiger partial charge < -0.3 is 10.4 Å². The number of aliphatic hydroxyl groups is 1. The van der Waals surface area contributed by atoms with Crippen molar-refractivity contribution in [1.29, 1.82) is 0 Å². The van der Waals surface area contributed by atoms with Crippen molar-refractivity contribution in [3.05, 3.63) is 0 Å². The van der Waals surface area contributed by atoms with Gasteiger partial charge in [0.2, 0.25) is 0 Å². The molecule has 0 aromatic carbocycles. The van der Waals surface area contributed by atoms with Crippen LogP contribution in [0.2, 0.25) is 0 Å². The van der Waals surface area contributed by atoms with Crippen molar-refractivity contribution in [1.82, 2.24) is 5.32 Å². The number of hydrogen-bond donors (Lipinski definition) is 2. The van der Waals surface area contributed by atoms with Gasteiger partial charge in [-0.15, -0.1) is 0 Å². The molecule has 4 aliphatic carbocycles. The van der Waals surface area contributed by atoms with Gasteiger partial charge in [0.1, 0.15) is 0 Å². The summed E-state index contributed by atoms with van der Waals surface area (Å²) in [5.41, 5.74) is -0.400. The van der Waals surface area contributed by atoms with Crippen molar-refractivity contribution in [3.8, 4) is 0 Å². The third-order valence-corrected chi connectivity index (χ3v) is 7.74. The molecule has 2 heteroatoms. The third-order valence-electron chi connectivity index (χ3n) is 7.74. The van der Waals surface area contributed by atoms with Gasteiger partial charge in [-0.1, -0.05) is 19.8 Å². The molecule has 2 N–H and O–H groups in total. The van der Waals surface area contributed by atoms with Crippen molar-refractivity contribution >= 4 is 0 Å². The van der Waals surface area contributed by atoms with E-state index < -0.39 is 5.60 Å². The Kier molecular flexibility index (Phi) is 3.82. The van der Waals surface area contributed by atoms with Crippen LogP contribution in [0, 0.1) is 29.6 Å². The lowest BCUT2D eigenvalue weighted by Gasteiger charge is -2.39. The molecule has 21 heavy (non-hydrogen) atoms. The Bertz CT molecular complexity index is 374. The van der Waals surface area contributed by atoms with Crippen LogP contribution in [0.4, 0.5) is 0 Å². The van der Waals surface area contributed by atoms with Crippen molar-refractivity contribution < 1.29 is 5.11 Å². The molecule has 120 valence electrons. The smallest absolute Gasteiger partial charge is 0.0771 e. The number of fused-ring (bicyclic) bond motifs is 5. The first-order valence-corrected chi connectivity index (χ1v) is 9.64. The predicted molar refractivity (Wildman–Crippen MR) is 86.0 cm³/mol. The SMILES string of the molecule is CCC1CCC(O)(CNC2CC3CC2C2CCCC32)CC1. The minimum atomic E-state index is -0.400. The maximum absolute atomic E-state index is 10.8. The van der Waals surface area contributed by atoms with Crippen LogP contribution in [0.1, 0.15) is 71.1 Å². The summed E-state index contributed by atoms with van der Waals surface area (Å²) in [4.78, 5) is 0. The van der Waals surface area contributed by atoms with Gasteiger partial charge in [0.25, 0.3) is 0 Å². The summed E-state index contributed by atoms with van der Waals surface area (Å²) in [6.45, 7) is 3.15. The molecule has 0 radical (unpaired) electrons. The Labute approximate surface area is 130 Å². The Morgan fingerprint density at radius 3 is 2.52 bits per heavy atom. The van der Waals surface area contributed by atoms with Crippen LogP contribution < -0.4 is 5.32 Å². The summed E-state index contributed by atoms with van der Waals surface area (Å²) < 4.78 is 0. The second kappa shape index (κ2) is 5.53. The fraction of sp³-hybridized carbons (Fsp3) is 1.00. The van der Waals surface area contributed by atoms with Gasteiger partial charge in [-0.05, 0) is 81.0 Å². The first-order chi connectivity index (χ1) is 10.2. The Balaban J connectivity index is 1.30. The molecule has 0 aliphatic heterocycles. The van der Waals surface area contributed by atoms with E-state index in [1.807, 2.05) is 0 Å². The van der Waals surface area contributed by atoms with Crippen molar-refractivity contribution in [2.75, 3.05) is 6.54 Å². The molecule has 2 bridgehead atoms. The fourth-order valence-corrected chi connectivity index (χ4v) is 6.42. The average molecular weight is 291 g/mol. The van der Waals surface area contributed by atoms with E-state index in [2.05, 4.69) is 12.2 Å². The van der Waals surface area contributed by atoms with E-state index in [-0.39, 0.29) is 0 Å². The molecule has 0 heterocycles. The molecule has 4 fully saturated rings. The van der Waals surface area contributed by atoms with E-state index in [1.165, 1.54) is 51.4 Å². The van der Waals surface area contributed by atoms with E-state index in [9.17, 15) is 5.11 Å². The summed E-state index contributed by atoms with van der Waals surface area (Å²) in [7, 11) is 0. The van der Waals surface area contributed by atoms with Gasteiger partial charge in [-0.25, -0.2) is 0 Å². The molecule has 0 amide bonds. The van der Waals surface area contributed by atoms with Crippen LogP contribution in [-0.2, 0) is 0 Å². The maximum atomic E-state index is 10.8. The molecular formula is C19H33NO. The minimum Gasteiger partial charge on any atom is -0.389 e. The topological polar surface area (TPSA) is 32.3 Å². The molecule has 4 aliphatic rings. The normalized spacial score (nSPS) is 52.3. The molecule has 5 unspecified atom stereocenters. The van der Waals surface area contributed by atoms with Gasteiger partial charge in [0.05, 0.1) is 5.60 Å². The zero-order valence-corrected chi connectivity index (χ0v) is 13.7. The highest BCUT2D eigenvalue weighted by Gasteiger charge is 2.53. The van der Waals surface area contributed by atoms with Gasteiger partial charge in [-0.2, -0.15) is 0 Å². The maximum Gasteiger partial charge on any atom is 0.0771 e. The molecule has 0 spiro atoms. The summed E-state index contributed by atoms with van der Waals surface area (Å²) in [5.74, 6) is 4.94. The lowest BCUT2D eigenvalue weighted by molar-refractivity contribution is -0.0131. The van der Waals surface area contributed by atoms with Crippen molar-refractivity contribution in [2.24, 2.45) is 29.6 Å². The third kappa shape index (κ3) is 2.57. The standard InChI is InChI=1S/C19H33NO/c1-2-13-6-8-19(21,9-7-13)12-20-18-11-14-10-17(18)16-5-3-4-15(14)16/h13-18,20-21H,2-12H2,1H3. The molecule has 2 nitrogen and oxygen atoms in total. The van der Waals surface area contributed by atoms with Crippen LogP contribution in [0.5, 0.6) is 0 Å². The zero-order chi connectivity index (χ0) is 14.4. The number of hydrogen-bond acceptors (Lipinski definition) is 2. The molecule has 5 atom stereocenters. The number of rotatable bonds is 4. The summed E-state index contributed by atoms with van der Waals surface area (Å²) in [5, 5.41) is 14.7. The lowest BCUT2D eigenvalue weighted by Crippen LogP contribution is -2.49. The summed E-state index contributed by atoms with van der Waals surface area (Å²) >= 11 is 0.